The van der Waals surface area contributed by atoms with E-state index in [1.54, 1.807) is 18.5 Å². The molecule has 112 valence electrons. The van der Waals surface area contributed by atoms with Gasteiger partial charge in [0.2, 0.25) is 0 Å². The fourth-order valence-electron chi connectivity index (χ4n) is 3.14. The SMILES string of the molecule is CN1CCC(CCn2cnc3cccc(C(=O)O)c32)CC1. The molecule has 1 aromatic heterocycles. The summed E-state index contributed by atoms with van der Waals surface area (Å²) >= 11 is 0. The molecule has 5 nitrogen and oxygen atoms in total. The molecular formula is C16H21N3O2. The van der Waals surface area contributed by atoms with E-state index in [-0.39, 0.29) is 0 Å². The monoisotopic (exact) mass is 287 g/mol. The van der Waals surface area contributed by atoms with Crippen molar-refractivity contribution in [2.75, 3.05) is 20.1 Å². The molecular weight excluding hydrogens is 266 g/mol. The molecule has 0 radical (unpaired) electrons. The van der Waals surface area contributed by atoms with Gasteiger partial charge in [-0.05, 0) is 57.5 Å². The summed E-state index contributed by atoms with van der Waals surface area (Å²) in [7, 11) is 2.17. The number of fused-ring (bicyclic) bond motifs is 1. The van der Waals surface area contributed by atoms with Crippen molar-refractivity contribution in [1.82, 2.24) is 14.5 Å². The number of hydrogen-bond donors (Lipinski definition) is 1. The van der Waals surface area contributed by atoms with Gasteiger partial charge in [0.15, 0.2) is 0 Å². The molecule has 5 heteroatoms. The second kappa shape index (κ2) is 5.85. The van der Waals surface area contributed by atoms with E-state index in [4.69, 9.17) is 0 Å². The van der Waals surface area contributed by atoms with Crippen molar-refractivity contribution in [3.05, 3.63) is 30.1 Å². The van der Waals surface area contributed by atoms with Crippen LogP contribution >= 0.6 is 0 Å². The molecule has 0 saturated carbocycles. The number of carbonyl (C=O) groups is 1. The summed E-state index contributed by atoms with van der Waals surface area (Å²) in [5.74, 6) is -0.155. The highest BCUT2D eigenvalue weighted by atomic mass is 16.4. The first-order chi connectivity index (χ1) is 10.1. The molecule has 0 bridgehead atoms. The highest BCUT2D eigenvalue weighted by Crippen LogP contribution is 2.23. The van der Waals surface area contributed by atoms with Crippen LogP contribution < -0.4 is 0 Å². The van der Waals surface area contributed by atoms with Crippen molar-refractivity contribution in [2.45, 2.75) is 25.8 Å². The van der Waals surface area contributed by atoms with E-state index in [2.05, 4.69) is 16.9 Å². The number of aryl methyl sites for hydroxylation is 1. The van der Waals surface area contributed by atoms with Crippen LogP contribution in [0, 0.1) is 5.92 Å². The quantitative estimate of drug-likeness (QED) is 0.938. The number of aromatic nitrogens is 2. The zero-order chi connectivity index (χ0) is 14.8. The van der Waals surface area contributed by atoms with Crippen LogP contribution in [0.4, 0.5) is 0 Å². The van der Waals surface area contributed by atoms with E-state index in [0.29, 0.717) is 5.56 Å². The van der Waals surface area contributed by atoms with Crippen molar-refractivity contribution >= 4 is 17.0 Å². The normalized spacial score (nSPS) is 17.4. The third-order valence-electron chi connectivity index (χ3n) is 4.48. The fraction of sp³-hybridized carbons (Fsp3) is 0.500. The van der Waals surface area contributed by atoms with Crippen LogP contribution in [0.3, 0.4) is 0 Å². The number of aromatic carboxylic acids is 1. The number of piperidine rings is 1. The highest BCUT2D eigenvalue weighted by Gasteiger charge is 2.18. The first-order valence-electron chi connectivity index (χ1n) is 7.51. The Bertz CT molecular complexity index is 642. The minimum Gasteiger partial charge on any atom is -0.478 e. The number of carboxylic acid groups (broad SMARTS) is 1. The van der Waals surface area contributed by atoms with Gasteiger partial charge in [0.25, 0.3) is 0 Å². The number of likely N-dealkylation sites (tertiary alicyclic amines) is 1. The minimum absolute atomic E-state index is 0.341. The largest absolute Gasteiger partial charge is 0.478 e. The summed E-state index contributed by atoms with van der Waals surface area (Å²) in [6.45, 7) is 3.17. The van der Waals surface area contributed by atoms with Crippen molar-refractivity contribution < 1.29 is 9.90 Å². The molecule has 0 aliphatic carbocycles. The van der Waals surface area contributed by atoms with Gasteiger partial charge < -0.3 is 14.6 Å². The smallest absolute Gasteiger partial charge is 0.337 e. The van der Waals surface area contributed by atoms with Gasteiger partial charge in [-0.2, -0.15) is 0 Å². The average molecular weight is 287 g/mol. The third kappa shape index (κ3) is 2.93. The van der Waals surface area contributed by atoms with Crippen LogP contribution in [0.1, 0.15) is 29.6 Å². The van der Waals surface area contributed by atoms with E-state index in [9.17, 15) is 9.90 Å². The molecule has 2 aromatic rings. The molecule has 1 aromatic carbocycles. The average Bonchev–Trinajstić information content (AvgIpc) is 2.90. The van der Waals surface area contributed by atoms with Gasteiger partial charge in [0.1, 0.15) is 0 Å². The van der Waals surface area contributed by atoms with Crippen LogP contribution in [-0.2, 0) is 6.54 Å². The number of carboxylic acids is 1. The van der Waals surface area contributed by atoms with Gasteiger partial charge in [-0.25, -0.2) is 9.78 Å². The number of rotatable bonds is 4. The lowest BCUT2D eigenvalue weighted by molar-refractivity contribution is 0.0698. The van der Waals surface area contributed by atoms with Crippen molar-refractivity contribution in [1.29, 1.82) is 0 Å². The number of para-hydroxylation sites is 1. The molecule has 0 amide bonds. The predicted octanol–water partition coefficient (Wildman–Crippen LogP) is 2.47. The summed E-state index contributed by atoms with van der Waals surface area (Å²) in [5.41, 5.74) is 1.85. The van der Waals surface area contributed by atoms with E-state index in [0.717, 1.165) is 43.0 Å². The topological polar surface area (TPSA) is 58.4 Å². The zero-order valence-electron chi connectivity index (χ0n) is 12.3. The lowest BCUT2D eigenvalue weighted by Crippen LogP contribution is -2.30. The molecule has 1 aliphatic heterocycles. The van der Waals surface area contributed by atoms with E-state index >= 15 is 0 Å². The molecule has 2 heterocycles. The Morgan fingerprint density at radius 1 is 1.38 bits per heavy atom. The summed E-state index contributed by atoms with van der Waals surface area (Å²) in [6.07, 6.45) is 5.32. The van der Waals surface area contributed by atoms with Gasteiger partial charge in [0.05, 0.1) is 22.9 Å². The van der Waals surface area contributed by atoms with Crippen LogP contribution in [0.5, 0.6) is 0 Å². The summed E-state index contributed by atoms with van der Waals surface area (Å²) in [5, 5.41) is 9.33. The van der Waals surface area contributed by atoms with Gasteiger partial charge in [-0.15, -0.1) is 0 Å². The number of hydrogen-bond acceptors (Lipinski definition) is 3. The van der Waals surface area contributed by atoms with Crippen molar-refractivity contribution in [3.63, 3.8) is 0 Å². The maximum absolute atomic E-state index is 11.4. The van der Waals surface area contributed by atoms with Gasteiger partial charge in [-0.3, -0.25) is 0 Å². The molecule has 0 spiro atoms. The Hall–Kier alpha value is -1.88. The molecule has 3 rings (SSSR count). The Morgan fingerprint density at radius 2 is 2.14 bits per heavy atom. The highest BCUT2D eigenvalue weighted by molar-refractivity contribution is 6.01. The van der Waals surface area contributed by atoms with Crippen molar-refractivity contribution in [2.24, 2.45) is 5.92 Å². The number of nitrogens with zero attached hydrogens (tertiary/aromatic N) is 3. The third-order valence-corrected chi connectivity index (χ3v) is 4.48. The standard InChI is InChI=1S/C16H21N3O2/c1-18-8-5-12(6-9-18)7-10-19-11-17-14-4-2-3-13(15(14)19)16(20)21/h2-4,11-12H,5-10H2,1H3,(H,20,21). The first-order valence-corrected chi connectivity index (χ1v) is 7.51. The maximum Gasteiger partial charge on any atom is 0.337 e. The molecule has 1 aliphatic rings. The minimum atomic E-state index is -0.887. The fourth-order valence-corrected chi connectivity index (χ4v) is 3.14. The van der Waals surface area contributed by atoms with Gasteiger partial charge in [0, 0.05) is 6.54 Å². The van der Waals surface area contributed by atoms with E-state index < -0.39 is 5.97 Å². The summed E-state index contributed by atoms with van der Waals surface area (Å²) in [6, 6.07) is 5.27. The zero-order valence-corrected chi connectivity index (χ0v) is 12.3. The van der Waals surface area contributed by atoms with Crippen LogP contribution in [0.15, 0.2) is 24.5 Å². The maximum atomic E-state index is 11.4. The number of benzene rings is 1. The van der Waals surface area contributed by atoms with E-state index in [1.807, 2.05) is 10.6 Å². The van der Waals surface area contributed by atoms with Gasteiger partial charge >= 0.3 is 5.97 Å². The lowest BCUT2D eigenvalue weighted by Gasteiger charge is -2.29. The Morgan fingerprint density at radius 3 is 2.86 bits per heavy atom. The Labute approximate surface area is 124 Å². The Balaban J connectivity index is 1.76. The van der Waals surface area contributed by atoms with Crippen LogP contribution in [0.2, 0.25) is 0 Å². The molecule has 0 atom stereocenters. The molecule has 0 unspecified atom stereocenters. The molecule has 1 saturated heterocycles. The van der Waals surface area contributed by atoms with Crippen LogP contribution in [-0.4, -0.2) is 45.7 Å². The summed E-state index contributed by atoms with van der Waals surface area (Å²) < 4.78 is 2.00. The van der Waals surface area contributed by atoms with Crippen molar-refractivity contribution in [3.8, 4) is 0 Å². The lowest BCUT2D eigenvalue weighted by atomic mass is 9.94. The summed E-state index contributed by atoms with van der Waals surface area (Å²) in [4.78, 5) is 18.1. The van der Waals surface area contributed by atoms with Crippen LogP contribution in [0.25, 0.3) is 11.0 Å². The first kappa shape index (κ1) is 14.1. The predicted molar refractivity (Wildman–Crippen MR) is 81.5 cm³/mol. The van der Waals surface area contributed by atoms with Gasteiger partial charge in [-0.1, -0.05) is 6.07 Å². The molecule has 21 heavy (non-hydrogen) atoms. The Kier molecular flexibility index (Phi) is 3.92. The second-order valence-electron chi connectivity index (χ2n) is 5.95. The van der Waals surface area contributed by atoms with E-state index in [1.165, 1.54) is 12.8 Å². The molecule has 1 fully saturated rings. The molecule has 1 N–H and O–H groups in total. The second-order valence-corrected chi connectivity index (χ2v) is 5.95. The number of imidazole rings is 1.